The van der Waals surface area contributed by atoms with Gasteiger partial charge >= 0.3 is 0 Å². The lowest BCUT2D eigenvalue weighted by Gasteiger charge is -2.31. The Hall–Kier alpha value is -2.64. The molecule has 2 heterocycles. The first-order valence-electron chi connectivity index (χ1n) is 8.47. The maximum atomic E-state index is 12.6. The molecule has 1 aliphatic carbocycles. The summed E-state index contributed by atoms with van der Waals surface area (Å²) in [4.78, 5) is 13.7. The fraction of sp³-hybridized carbons (Fsp3) is 0.238. The van der Waals surface area contributed by atoms with Crippen molar-refractivity contribution in [2.75, 3.05) is 0 Å². The van der Waals surface area contributed by atoms with Gasteiger partial charge in [0.15, 0.2) is 5.78 Å². The minimum absolute atomic E-state index is 0.175. The molecule has 0 bridgehead atoms. The van der Waals surface area contributed by atoms with Crippen LogP contribution in [0, 0.1) is 11.3 Å². The van der Waals surface area contributed by atoms with Gasteiger partial charge in [0, 0.05) is 28.3 Å². The number of hydrogen-bond acceptors (Lipinski definition) is 4. The molecule has 0 amide bonds. The van der Waals surface area contributed by atoms with Crippen LogP contribution in [0.4, 0.5) is 0 Å². The zero-order valence-corrected chi connectivity index (χ0v) is 14.8. The SMILES string of the molecule is CC1=C(C#N)C(c2cc(-c3ccccc3)cs2)C2=C(CCCC2=O)N1. The summed E-state index contributed by atoms with van der Waals surface area (Å²) in [6.45, 7) is 1.93. The molecule has 2 aromatic rings. The molecule has 1 N–H and O–H groups in total. The minimum atomic E-state index is -0.225. The highest BCUT2D eigenvalue weighted by Gasteiger charge is 2.36. The number of Topliss-reactive ketones (excluding diaryl/α,β-unsaturated/α-hetero) is 1. The Balaban J connectivity index is 1.82. The first-order chi connectivity index (χ1) is 12.2. The van der Waals surface area contributed by atoms with E-state index in [4.69, 9.17) is 0 Å². The Morgan fingerprint density at radius 3 is 2.76 bits per heavy atom. The number of nitriles is 1. The Labute approximate surface area is 151 Å². The van der Waals surface area contributed by atoms with Crippen molar-refractivity contribution in [3.05, 3.63) is 69.2 Å². The molecule has 0 spiro atoms. The number of thiophene rings is 1. The molecule has 0 fully saturated rings. The molecule has 0 saturated heterocycles. The van der Waals surface area contributed by atoms with E-state index >= 15 is 0 Å². The number of carbonyl (C=O) groups excluding carboxylic acids is 1. The summed E-state index contributed by atoms with van der Waals surface area (Å²) in [6, 6.07) is 14.7. The molecule has 0 saturated carbocycles. The van der Waals surface area contributed by atoms with Crippen molar-refractivity contribution in [3.8, 4) is 17.2 Å². The molecule has 124 valence electrons. The van der Waals surface area contributed by atoms with Gasteiger partial charge in [0.05, 0.1) is 17.6 Å². The van der Waals surface area contributed by atoms with Gasteiger partial charge in [0.1, 0.15) is 0 Å². The first kappa shape index (κ1) is 15.9. The van der Waals surface area contributed by atoms with Gasteiger partial charge in [-0.25, -0.2) is 0 Å². The third-order valence-corrected chi connectivity index (χ3v) is 5.91. The second-order valence-corrected chi connectivity index (χ2v) is 7.42. The average Bonchev–Trinajstić information content (AvgIpc) is 3.11. The van der Waals surface area contributed by atoms with Crippen LogP contribution in [0.5, 0.6) is 0 Å². The first-order valence-corrected chi connectivity index (χ1v) is 9.35. The van der Waals surface area contributed by atoms with Crippen molar-refractivity contribution < 1.29 is 4.79 Å². The summed E-state index contributed by atoms with van der Waals surface area (Å²) in [5.41, 5.74) is 5.63. The fourth-order valence-electron chi connectivity index (χ4n) is 3.70. The molecule has 25 heavy (non-hydrogen) atoms. The maximum Gasteiger partial charge on any atom is 0.161 e. The molecular weight excluding hydrogens is 328 g/mol. The monoisotopic (exact) mass is 346 g/mol. The topological polar surface area (TPSA) is 52.9 Å². The van der Waals surface area contributed by atoms with Crippen molar-refractivity contribution in [1.29, 1.82) is 5.26 Å². The molecule has 3 nitrogen and oxygen atoms in total. The summed E-state index contributed by atoms with van der Waals surface area (Å²) >= 11 is 1.63. The fourth-order valence-corrected chi connectivity index (χ4v) is 4.74. The highest BCUT2D eigenvalue weighted by molar-refractivity contribution is 7.10. The zero-order chi connectivity index (χ0) is 17.4. The number of ketones is 1. The van der Waals surface area contributed by atoms with E-state index in [1.165, 1.54) is 0 Å². The van der Waals surface area contributed by atoms with Gasteiger partial charge in [-0.15, -0.1) is 11.3 Å². The van der Waals surface area contributed by atoms with Crippen LogP contribution in [-0.2, 0) is 4.79 Å². The predicted molar refractivity (Wildman–Crippen MR) is 99.8 cm³/mol. The van der Waals surface area contributed by atoms with Crippen LogP contribution in [-0.4, -0.2) is 5.78 Å². The van der Waals surface area contributed by atoms with Gasteiger partial charge in [-0.05, 0) is 42.3 Å². The Bertz CT molecular complexity index is 944. The van der Waals surface area contributed by atoms with E-state index in [0.29, 0.717) is 12.0 Å². The van der Waals surface area contributed by atoms with Gasteiger partial charge in [-0.3, -0.25) is 4.79 Å². The van der Waals surface area contributed by atoms with Gasteiger partial charge < -0.3 is 5.32 Å². The number of dihydropyridines is 1. The molecule has 0 radical (unpaired) electrons. The van der Waals surface area contributed by atoms with E-state index < -0.39 is 0 Å². The summed E-state index contributed by atoms with van der Waals surface area (Å²) < 4.78 is 0. The largest absolute Gasteiger partial charge is 0.361 e. The number of nitrogens with zero attached hydrogens (tertiary/aromatic N) is 1. The second kappa shape index (κ2) is 6.34. The Morgan fingerprint density at radius 2 is 2.00 bits per heavy atom. The average molecular weight is 346 g/mol. The number of carbonyl (C=O) groups is 1. The Morgan fingerprint density at radius 1 is 1.20 bits per heavy atom. The normalized spacial score (nSPS) is 20.2. The standard InChI is InChI=1S/C21H18N2OS/c1-13-16(11-22)20(21-17(23-13)8-5-9-18(21)24)19-10-15(12-25-19)14-6-3-2-4-7-14/h2-4,6-7,10,12,20,23H,5,8-9H2,1H3. The van der Waals surface area contributed by atoms with Crippen molar-refractivity contribution in [3.63, 3.8) is 0 Å². The van der Waals surface area contributed by atoms with Crippen molar-refractivity contribution in [2.24, 2.45) is 0 Å². The van der Waals surface area contributed by atoms with E-state index in [9.17, 15) is 10.1 Å². The van der Waals surface area contributed by atoms with E-state index in [0.717, 1.165) is 45.8 Å². The Kier molecular flexibility index (Phi) is 4.03. The summed E-state index contributed by atoms with van der Waals surface area (Å²) in [6.07, 6.45) is 2.34. The highest BCUT2D eigenvalue weighted by atomic mass is 32.1. The minimum Gasteiger partial charge on any atom is -0.361 e. The second-order valence-electron chi connectivity index (χ2n) is 6.48. The molecule has 4 rings (SSSR count). The maximum absolute atomic E-state index is 12.6. The number of hydrogen-bond donors (Lipinski definition) is 1. The van der Waals surface area contributed by atoms with Crippen LogP contribution in [0.15, 0.2) is 64.3 Å². The van der Waals surface area contributed by atoms with Gasteiger partial charge in [-0.1, -0.05) is 30.3 Å². The van der Waals surface area contributed by atoms with E-state index in [1.54, 1.807) is 11.3 Å². The number of nitrogens with one attached hydrogen (secondary N) is 1. The lowest BCUT2D eigenvalue weighted by Crippen LogP contribution is -2.30. The van der Waals surface area contributed by atoms with Crippen LogP contribution in [0.2, 0.25) is 0 Å². The molecule has 4 heteroatoms. The lowest BCUT2D eigenvalue weighted by molar-refractivity contribution is -0.116. The number of benzene rings is 1. The van der Waals surface area contributed by atoms with E-state index in [1.807, 2.05) is 25.1 Å². The molecular formula is C21H18N2OS. The summed E-state index contributed by atoms with van der Waals surface area (Å²) in [5, 5.41) is 15.1. The van der Waals surface area contributed by atoms with Crippen LogP contribution in [0.1, 0.15) is 37.0 Å². The lowest BCUT2D eigenvalue weighted by atomic mass is 9.78. The predicted octanol–water partition coefficient (Wildman–Crippen LogP) is 4.91. The van der Waals surface area contributed by atoms with E-state index in [2.05, 4.69) is 35.0 Å². The van der Waals surface area contributed by atoms with Crippen LogP contribution < -0.4 is 5.32 Å². The smallest absolute Gasteiger partial charge is 0.161 e. The third-order valence-electron chi connectivity index (χ3n) is 4.91. The number of allylic oxidation sites excluding steroid dienone is 4. The molecule has 1 aromatic heterocycles. The van der Waals surface area contributed by atoms with Gasteiger partial charge in [0.25, 0.3) is 0 Å². The van der Waals surface area contributed by atoms with Gasteiger partial charge in [0.2, 0.25) is 0 Å². The van der Waals surface area contributed by atoms with Crippen molar-refractivity contribution in [1.82, 2.24) is 5.32 Å². The molecule has 1 aromatic carbocycles. The van der Waals surface area contributed by atoms with Gasteiger partial charge in [-0.2, -0.15) is 5.26 Å². The molecule has 2 aliphatic rings. The zero-order valence-electron chi connectivity index (χ0n) is 14.0. The summed E-state index contributed by atoms with van der Waals surface area (Å²) in [5.74, 6) is -0.0508. The molecule has 1 unspecified atom stereocenters. The highest BCUT2D eigenvalue weighted by Crippen LogP contribution is 2.44. The third kappa shape index (κ3) is 2.71. The van der Waals surface area contributed by atoms with E-state index in [-0.39, 0.29) is 11.7 Å². The molecule has 1 aliphatic heterocycles. The number of rotatable bonds is 2. The van der Waals surface area contributed by atoms with Crippen LogP contribution in [0.3, 0.4) is 0 Å². The van der Waals surface area contributed by atoms with Crippen molar-refractivity contribution in [2.45, 2.75) is 32.1 Å². The van der Waals surface area contributed by atoms with Crippen LogP contribution >= 0.6 is 11.3 Å². The van der Waals surface area contributed by atoms with Crippen LogP contribution in [0.25, 0.3) is 11.1 Å². The molecule has 1 atom stereocenters. The summed E-state index contributed by atoms with van der Waals surface area (Å²) in [7, 11) is 0. The van der Waals surface area contributed by atoms with Crippen molar-refractivity contribution >= 4 is 17.1 Å². The quantitative estimate of drug-likeness (QED) is 0.841.